The Morgan fingerprint density at radius 3 is 1.04 bits per heavy atom. The lowest BCUT2D eigenvalue weighted by molar-refractivity contribution is 1.64. The summed E-state index contributed by atoms with van der Waals surface area (Å²) in [6, 6.07) is 41.7. The van der Waals surface area contributed by atoms with Gasteiger partial charge in [0.2, 0.25) is 0 Å². The quantitative estimate of drug-likeness (QED) is 0.333. The second-order valence-electron chi connectivity index (χ2n) is 6.65. The van der Waals surface area contributed by atoms with E-state index in [1.165, 1.54) is 25.4 Å². The van der Waals surface area contributed by atoms with Crippen LogP contribution in [0.3, 0.4) is 0 Å². The minimum absolute atomic E-state index is 1.23. The molecule has 0 saturated carbocycles. The second kappa shape index (κ2) is 7.51. The lowest BCUT2D eigenvalue weighted by atomic mass is 9.13. The van der Waals surface area contributed by atoms with Gasteiger partial charge in [0, 0.05) is 3.57 Å². The largest absolute Gasteiger partial charge is 0.195 e. The molecule has 2 heteroatoms. The van der Waals surface area contributed by atoms with E-state index >= 15 is 0 Å². The molecule has 4 rings (SSSR count). The monoisotopic (exact) mass is 445 g/mol. The first-order valence-electron chi connectivity index (χ1n) is 8.90. The molecule has 0 bridgehead atoms. The van der Waals surface area contributed by atoms with Gasteiger partial charge in [0.1, 0.15) is 6.15 Å². The van der Waals surface area contributed by atoms with E-state index in [1.54, 1.807) is 0 Å². The second-order valence-corrected chi connectivity index (χ2v) is 7.90. The molecule has 0 heterocycles. The van der Waals surface area contributed by atoms with E-state index in [4.69, 9.17) is 0 Å². The van der Waals surface area contributed by atoms with Gasteiger partial charge in [-0.25, -0.2) is 0 Å². The molecular formula is C24H19BI-. The van der Waals surface area contributed by atoms with Gasteiger partial charge in [0.05, 0.1) is 0 Å². The highest BCUT2D eigenvalue weighted by Gasteiger charge is 2.31. The zero-order valence-electron chi connectivity index (χ0n) is 14.4. The predicted octanol–water partition coefficient (Wildman–Crippen LogP) is 3.67. The Morgan fingerprint density at radius 2 is 0.692 bits per heavy atom. The summed E-state index contributed by atoms with van der Waals surface area (Å²) < 4.78 is 1.25. The van der Waals surface area contributed by atoms with Crippen molar-refractivity contribution < 1.29 is 0 Å². The molecule has 0 nitrogen and oxygen atoms in total. The van der Waals surface area contributed by atoms with Crippen LogP contribution in [0.15, 0.2) is 115 Å². The summed E-state index contributed by atoms with van der Waals surface area (Å²) in [7, 11) is 0. The number of hydrogen-bond donors (Lipinski definition) is 0. The maximum absolute atomic E-state index is 2.38. The van der Waals surface area contributed by atoms with Gasteiger partial charge >= 0.3 is 0 Å². The maximum Gasteiger partial charge on any atom is 0.108 e. The van der Waals surface area contributed by atoms with Crippen molar-refractivity contribution in [2.75, 3.05) is 0 Å². The molecule has 0 aliphatic heterocycles. The zero-order valence-corrected chi connectivity index (χ0v) is 16.6. The molecule has 0 spiro atoms. The molecule has 0 atom stereocenters. The van der Waals surface area contributed by atoms with Crippen molar-refractivity contribution >= 4 is 50.6 Å². The molecule has 26 heavy (non-hydrogen) atoms. The van der Waals surface area contributed by atoms with Crippen molar-refractivity contribution in [1.29, 1.82) is 0 Å². The SMILES string of the molecule is Ic1ccc([B-](c2ccccc2)(c2ccccc2)c2ccccc2)cc1. The molecule has 4 aromatic carbocycles. The van der Waals surface area contributed by atoms with E-state index in [2.05, 4.69) is 138 Å². The fourth-order valence-corrected chi connectivity index (χ4v) is 4.49. The highest BCUT2D eigenvalue weighted by atomic mass is 127. The molecule has 0 saturated heterocycles. The molecular weight excluding hydrogens is 426 g/mol. The normalized spacial score (nSPS) is 11.3. The summed E-state index contributed by atoms with van der Waals surface area (Å²) in [5, 5.41) is 0. The zero-order chi connectivity index (χ0) is 17.8. The average molecular weight is 445 g/mol. The standard InChI is InChI=1S/C24H19BI/c26-24-18-16-23(17-19-24)25(20-10-4-1-5-11-20,21-12-6-2-7-13-21)22-14-8-3-9-15-22/h1-19H/q-1. The molecule has 4 aromatic rings. The van der Waals surface area contributed by atoms with Crippen LogP contribution in [0.2, 0.25) is 0 Å². The molecule has 0 unspecified atom stereocenters. The first-order chi connectivity index (χ1) is 12.8. The van der Waals surface area contributed by atoms with E-state index in [9.17, 15) is 0 Å². The van der Waals surface area contributed by atoms with Crippen LogP contribution in [0.1, 0.15) is 0 Å². The van der Waals surface area contributed by atoms with Gasteiger partial charge in [0.15, 0.2) is 0 Å². The predicted molar refractivity (Wildman–Crippen MR) is 123 cm³/mol. The summed E-state index contributed by atoms with van der Waals surface area (Å²) in [5.74, 6) is 0. The van der Waals surface area contributed by atoms with Gasteiger partial charge in [-0.3, -0.25) is 0 Å². The lowest BCUT2D eigenvalue weighted by Gasteiger charge is -2.44. The number of benzene rings is 4. The van der Waals surface area contributed by atoms with Crippen LogP contribution < -0.4 is 21.9 Å². The van der Waals surface area contributed by atoms with Gasteiger partial charge in [0.25, 0.3) is 0 Å². The van der Waals surface area contributed by atoms with E-state index in [0.717, 1.165) is 0 Å². The van der Waals surface area contributed by atoms with Crippen LogP contribution in [0.5, 0.6) is 0 Å². The van der Waals surface area contributed by atoms with Crippen molar-refractivity contribution in [3.05, 3.63) is 119 Å². The van der Waals surface area contributed by atoms with Gasteiger partial charge in [-0.05, 0) is 22.6 Å². The Bertz CT molecular complexity index is 868. The van der Waals surface area contributed by atoms with E-state index in [0.29, 0.717) is 0 Å². The highest BCUT2D eigenvalue weighted by molar-refractivity contribution is 14.1. The van der Waals surface area contributed by atoms with Crippen molar-refractivity contribution in [3.8, 4) is 0 Å². The highest BCUT2D eigenvalue weighted by Crippen LogP contribution is 2.11. The van der Waals surface area contributed by atoms with Crippen LogP contribution in [0, 0.1) is 3.57 Å². The minimum atomic E-state index is -1.23. The Hall–Kier alpha value is -2.33. The summed E-state index contributed by atoms with van der Waals surface area (Å²) in [5.41, 5.74) is 5.36. The molecule has 0 aliphatic carbocycles. The van der Waals surface area contributed by atoms with E-state index in [-0.39, 0.29) is 0 Å². The summed E-state index contributed by atoms with van der Waals surface area (Å²) in [6.07, 6.45) is -1.23. The third-order valence-electron chi connectivity index (χ3n) is 5.27. The van der Waals surface area contributed by atoms with Gasteiger partial charge < -0.3 is 0 Å². The van der Waals surface area contributed by atoms with Crippen molar-refractivity contribution in [1.82, 2.24) is 0 Å². The summed E-state index contributed by atoms with van der Waals surface area (Å²) in [6.45, 7) is 0. The molecule has 0 aromatic heterocycles. The van der Waals surface area contributed by atoms with Gasteiger partial charge in [-0.15, -0.1) is 0 Å². The Balaban J connectivity index is 2.12. The fourth-order valence-electron chi connectivity index (χ4n) is 4.13. The van der Waals surface area contributed by atoms with Crippen molar-refractivity contribution in [2.45, 2.75) is 0 Å². The number of rotatable bonds is 4. The van der Waals surface area contributed by atoms with Crippen LogP contribution in [0.4, 0.5) is 0 Å². The van der Waals surface area contributed by atoms with Crippen LogP contribution in [0.25, 0.3) is 0 Å². The van der Waals surface area contributed by atoms with Crippen molar-refractivity contribution in [2.24, 2.45) is 0 Å². The molecule has 0 radical (unpaired) electrons. The van der Waals surface area contributed by atoms with E-state index in [1.807, 2.05) is 0 Å². The molecule has 0 N–H and O–H groups in total. The van der Waals surface area contributed by atoms with Gasteiger partial charge in [-0.2, -0.15) is 21.9 Å². The Kier molecular flexibility index (Phi) is 4.94. The van der Waals surface area contributed by atoms with Crippen LogP contribution >= 0.6 is 22.6 Å². The Morgan fingerprint density at radius 1 is 0.385 bits per heavy atom. The van der Waals surface area contributed by atoms with Crippen LogP contribution in [-0.2, 0) is 0 Å². The molecule has 0 amide bonds. The van der Waals surface area contributed by atoms with Crippen molar-refractivity contribution in [3.63, 3.8) is 0 Å². The maximum atomic E-state index is 2.38. The average Bonchev–Trinajstić information content (AvgIpc) is 2.72. The lowest BCUT2D eigenvalue weighted by Crippen LogP contribution is -2.74. The first-order valence-corrected chi connectivity index (χ1v) is 9.98. The van der Waals surface area contributed by atoms with Crippen LogP contribution in [-0.4, -0.2) is 6.15 Å². The first kappa shape index (κ1) is 17.1. The molecule has 126 valence electrons. The number of hydrogen-bond acceptors (Lipinski definition) is 0. The number of halogens is 1. The third kappa shape index (κ3) is 2.99. The van der Waals surface area contributed by atoms with Gasteiger partial charge in [-0.1, -0.05) is 115 Å². The third-order valence-corrected chi connectivity index (χ3v) is 5.99. The molecule has 0 aliphatic rings. The summed E-state index contributed by atoms with van der Waals surface area (Å²) >= 11 is 2.38. The smallest absolute Gasteiger partial charge is 0.108 e. The Labute approximate surface area is 169 Å². The topological polar surface area (TPSA) is 0 Å². The molecule has 0 fully saturated rings. The van der Waals surface area contributed by atoms with E-state index < -0.39 is 6.15 Å². The minimum Gasteiger partial charge on any atom is -0.195 e. The fraction of sp³-hybridized carbons (Fsp3) is 0. The summed E-state index contributed by atoms with van der Waals surface area (Å²) in [4.78, 5) is 0.